The first-order valence-electron chi connectivity index (χ1n) is 9.11. The molecule has 0 unspecified atom stereocenters. The van der Waals surface area contributed by atoms with Gasteiger partial charge in [0.15, 0.2) is 0 Å². The van der Waals surface area contributed by atoms with Gasteiger partial charge in [-0.3, -0.25) is 0 Å². The zero-order chi connectivity index (χ0) is 21.3. The van der Waals surface area contributed by atoms with Crippen LogP contribution in [0.3, 0.4) is 0 Å². The molecule has 1 aromatic heterocycles. The Morgan fingerprint density at radius 2 is 1.70 bits per heavy atom. The number of methoxy groups -OCH3 is 1. The Kier molecular flexibility index (Phi) is 5.37. The maximum absolute atomic E-state index is 13.4. The number of hydrogen-bond acceptors (Lipinski definition) is 5. The number of ether oxygens (including phenoxy) is 1. The zero-order valence-electron chi connectivity index (χ0n) is 16.3. The second kappa shape index (κ2) is 7.97. The minimum atomic E-state index is -3.87. The Balaban J connectivity index is 1.99. The summed E-state index contributed by atoms with van der Waals surface area (Å²) in [5.41, 5.74) is 1.92. The Bertz CT molecular complexity index is 1410. The lowest BCUT2D eigenvalue weighted by atomic mass is 10.2. The van der Waals surface area contributed by atoms with Crippen LogP contribution in [0, 0.1) is 6.92 Å². The molecule has 1 heterocycles. The van der Waals surface area contributed by atoms with Crippen molar-refractivity contribution in [1.29, 1.82) is 0 Å². The van der Waals surface area contributed by atoms with Gasteiger partial charge in [-0.25, -0.2) is 13.4 Å². The van der Waals surface area contributed by atoms with Crippen LogP contribution < -0.4 is 10.3 Å². The highest BCUT2D eigenvalue weighted by atomic mass is 35.5. The second-order valence-corrected chi connectivity index (χ2v) is 9.03. The van der Waals surface area contributed by atoms with Crippen molar-refractivity contribution in [3.63, 3.8) is 0 Å². The first kappa shape index (κ1) is 20.2. The van der Waals surface area contributed by atoms with Crippen LogP contribution in [0.25, 0.3) is 11.0 Å². The van der Waals surface area contributed by atoms with E-state index < -0.39 is 9.84 Å². The van der Waals surface area contributed by atoms with Crippen LogP contribution in [0.1, 0.15) is 5.56 Å². The van der Waals surface area contributed by atoms with Crippen LogP contribution in [0.4, 0.5) is 5.69 Å². The van der Waals surface area contributed by atoms with E-state index in [2.05, 4.69) is 4.99 Å². The summed E-state index contributed by atoms with van der Waals surface area (Å²) in [6.45, 7) is 1.90. The zero-order valence-corrected chi connectivity index (χ0v) is 17.9. The van der Waals surface area contributed by atoms with Gasteiger partial charge in [0.25, 0.3) is 0 Å². The maximum Gasteiger partial charge on any atom is 0.239 e. The van der Waals surface area contributed by atoms with Crippen molar-refractivity contribution in [2.45, 2.75) is 16.7 Å². The van der Waals surface area contributed by atoms with Gasteiger partial charge in [0, 0.05) is 5.39 Å². The standard InChI is InChI=1S/C23H18ClNO4S/c1-15-7-10-18(11-8-15)30(26,27)22-13-16-5-3-4-6-20(16)29-23(22)25-17-9-12-21(28-2)19(24)14-17/h3-14H,1-2H3. The number of benzene rings is 3. The summed E-state index contributed by atoms with van der Waals surface area (Å²) >= 11 is 6.20. The van der Waals surface area contributed by atoms with Gasteiger partial charge in [0.2, 0.25) is 15.4 Å². The van der Waals surface area contributed by atoms with E-state index in [4.69, 9.17) is 20.8 Å². The maximum atomic E-state index is 13.4. The van der Waals surface area contributed by atoms with Gasteiger partial charge >= 0.3 is 0 Å². The Morgan fingerprint density at radius 1 is 0.967 bits per heavy atom. The molecule has 0 aliphatic rings. The molecule has 0 fully saturated rings. The van der Waals surface area contributed by atoms with Crippen LogP contribution in [-0.2, 0) is 9.84 Å². The van der Waals surface area contributed by atoms with E-state index in [1.165, 1.54) is 7.11 Å². The molecule has 0 aliphatic carbocycles. The molecular weight excluding hydrogens is 422 g/mol. The molecule has 0 amide bonds. The number of sulfone groups is 1. The highest BCUT2D eigenvalue weighted by molar-refractivity contribution is 7.91. The number of hydrogen-bond donors (Lipinski definition) is 0. The van der Waals surface area contributed by atoms with Crippen molar-refractivity contribution in [3.8, 4) is 5.75 Å². The van der Waals surface area contributed by atoms with Gasteiger partial charge in [0.05, 0.1) is 22.7 Å². The molecule has 30 heavy (non-hydrogen) atoms. The van der Waals surface area contributed by atoms with Gasteiger partial charge in [-0.05, 0) is 49.4 Å². The highest BCUT2D eigenvalue weighted by Crippen LogP contribution is 2.29. The van der Waals surface area contributed by atoms with Crippen LogP contribution in [0.2, 0.25) is 5.02 Å². The van der Waals surface area contributed by atoms with E-state index in [-0.39, 0.29) is 15.3 Å². The minimum Gasteiger partial charge on any atom is -0.495 e. The molecule has 0 aliphatic heterocycles. The van der Waals surface area contributed by atoms with E-state index >= 15 is 0 Å². The van der Waals surface area contributed by atoms with Crippen LogP contribution in [0.5, 0.6) is 5.75 Å². The van der Waals surface area contributed by atoms with Crippen molar-refractivity contribution < 1.29 is 17.6 Å². The number of aryl methyl sites for hydroxylation is 1. The number of nitrogens with zero attached hydrogens (tertiary/aromatic N) is 1. The summed E-state index contributed by atoms with van der Waals surface area (Å²) in [5, 5.41) is 1.03. The van der Waals surface area contributed by atoms with E-state index in [0.717, 1.165) is 5.56 Å². The minimum absolute atomic E-state index is 0.0167. The monoisotopic (exact) mass is 439 g/mol. The molecule has 0 saturated carbocycles. The third-order valence-corrected chi connectivity index (χ3v) is 6.67. The molecule has 7 heteroatoms. The van der Waals surface area contributed by atoms with Crippen molar-refractivity contribution in [1.82, 2.24) is 0 Å². The molecule has 152 valence electrons. The van der Waals surface area contributed by atoms with Gasteiger partial charge in [0.1, 0.15) is 16.2 Å². The summed E-state index contributed by atoms with van der Waals surface area (Å²) in [5.74, 6) is 0.499. The molecule has 0 radical (unpaired) electrons. The highest BCUT2D eigenvalue weighted by Gasteiger charge is 2.22. The average Bonchev–Trinajstić information content (AvgIpc) is 2.73. The molecule has 3 aromatic carbocycles. The van der Waals surface area contributed by atoms with E-state index in [9.17, 15) is 8.42 Å². The SMILES string of the molecule is COc1ccc(N=c2oc3ccccc3cc2S(=O)(=O)c2ccc(C)cc2)cc1Cl. The summed E-state index contributed by atoms with van der Waals surface area (Å²) < 4.78 is 37.9. The van der Waals surface area contributed by atoms with Crippen LogP contribution >= 0.6 is 11.6 Å². The largest absolute Gasteiger partial charge is 0.495 e. The third-order valence-electron chi connectivity index (χ3n) is 4.61. The van der Waals surface area contributed by atoms with E-state index in [1.807, 2.05) is 19.1 Å². The second-order valence-electron chi connectivity index (χ2n) is 6.70. The first-order chi connectivity index (χ1) is 14.4. The lowest BCUT2D eigenvalue weighted by Gasteiger charge is -2.08. The number of rotatable bonds is 4. The molecular formula is C23H18ClNO4S. The van der Waals surface area contributed by atoms with Crippen molar-refractivity contribution in [2.24, 2.45) is 4.99 Å². The quantitative estimate of drug-likeness (QED) is 0.423. The molecule has 0 saturated heterocycles. The smallest absolute Gasteiger partial charge is 0.239 e. The van der Waals surface area contributed by atoms with Gasteiger partial charge in [-0.15, -0.1) is 0 Å². The topological polar surface area (TPSA) is 68.9 Å². The summed E-state index contributed by atoms with van der Waals surface area (Å²) in [7, 11) is -2.35. The molecule has 4 aromatic rings. The number of para-hydroxylation sites is 1. The normalized spacial score (nSPS) is 12.3. The van der Waals surface area contributed by atoms with Crippen LogP contribution in [-0.4, -0.2) is 15.5 Å². The summed E-state index contributed by atoms with van der Waals surface area (Å²) in [4.78, 5) is 4.60. The van der Waals surface area contributed by atoms with E-state index in [0.29, 0.717) is 27.4 Å². The first-order valence-corrected chi connectivity index (χ1v) is 11.0. The molecule has 0 atom stereocenters. The van der Waals surface area contributed by atoms with Crippen molar-refractivity contribution in [2.75, 3.05) is 7.11 Å². The van der Waals surface area contributed by atoms with Gasteiger partial charge < -0.3 is 9.15 Å². The molecule has 4 rings (SSSR count). The molecule has 5 nitrogen and oxygen atoms in total. The number of halogens is 1. The lowest BCUT2D eigenvalue weighted by Crippen LogP contribution is -2.15. The van der Waals surface area contributed by atoms with Gasteiger partial charge in [-0.2, -0.15) is 0 Å². The predicted molar refractivity (Wildman–Crippen MR) is 116 cm³/mol. The third kappa shape index (κ3) is 3.84. The summed E-state index contributed by atoms with van der Waals surface area (Å²) in [6.07, 6.45) is 0. The summed E-state index contributed by atoms with van der Waals surface area (Å²) in [6, 6.07) is 20.4. The molecule has 0 N–H and O–H groups in total. The fourth-order valence-corrected chi connectivity index (χ4v) is 4.61. The fraction of sp³-hybridized carbons (Fsp3) is 0.0870. The van der Waals surface area contributed by atoms with E-state index in [1.54, 1.807) is 60.7 Å². The lowest BCUT2D eigenvalue weighted by molar-refractivity contribution is 0.415. The van der Waals surface area contributed by atoms with Crippen molar-refractivity contribution in [3.05, 3.63) is 88.9 Å². The predicted octanol–water partition coefficient (Wildman–Crippen LogP) is 5.47. The Labute approximate surface area is 179 Å². The average molecular weight is 440 g/mol. The van der Waals surface area contributed by atoms with Crippen LogP contribution in [0.15, 0.2) is 92.0 Å². The van der Waals surface area contributed by atoms with Crippen molar-refractivity contribution >= 4 is 38.1 Å². The van der Waals surface area contributed by atoms with Gasteiger partial charge in [-0.1, -0.05) is 47.5 Å². The molecule has 0 spiro atoms. The Morgan fingerprint density at radius 3 is 2.40 bits per heavy atom. The molecule has 0 bridgehead atoms. The fourth-order valence-electron chi connectivity index (χ4n) is 3.01. The number of fused-ring (bicyclic) bond motifs is 1. The Hall–Kier alpha value is -3.09.